The Labute approximate surface area is 122 Å². The van der Waals surface area contributed by atoms with Gasteiger partial charge in [0.1, 0.15) is 5.69 Å². The Morgan fingerprint density at radius 3 is 2.86 bits per heavy atom. The maximum absolute atomic E-state index is 12.1. The molecular weight excluding hydrogens is 274 g/mol. The minimum absolute atomic E-state index is 0.0566. The first-order valence-electron chi connectivity index (χ1n) is 6.87. The number of carboxylic acids is 1. The molecular formula is C14H19N3O4. The second-order valence-electron chi connectivity index (χ2n) is 4.99. The maximum Gasteiger partial charge on any atom is 0.338 e. The van der Waals surface area contributed by atoms with Gasteiger partial charge in [-0.25, -0.2) is 4.79 Å². The first kappa shape index (κ1) is 15.4. The highest BCUT2D eigenvalue weighted by Gasteiger charge is 2.20. The number of hydrogen-bond acceptors (Lipinski definition) is 5. The summed E-state index contributed by atoms with van der Waals surface area (Å²) in [5.74, 6) is -1.62. The molecule has 0 radical (unpaired) electrons. The molecule has 1 amide bonds. The summed E-state index contributed by atoms with van der Waals surface area (Å²) in [5.41, 5.74) is -0.146. The number of aromatic carboxylic acids is 1. The molecule has 7 nitrogen and oxygen atoms in total. The SMILES string of the molecule is CC(CN1CCOCC1)NC(=O)c1ncccc1C(=O)O. The highest BCUT2D eigenvalue weighted by Crippen LogP contribution is 2.06. The summed E-state index contributed by atoms with van der Waals surface area (Å²) in [7, 11) is 0. The van der Waals surface area contributed by atoms with E-state index >= 15 is 0 Å². The molecule has 0 aromatic carbocycles. The summed E-state index contributed by atoms with van der Waals surface area (Å²) >= 11 is 0. The van der Waals surface area contributed by atoms with E-state index in [2.05, 4.69) is 15.2 Å². The van der Waals surface area contributed by atoms with Crippen LogP contribution in [0.2, 0.25) is 0 Å². The summed E-state index contributed by atoms with van der Waals surface area (Å²) in [6, 6.07) is 2.77. The number of morpholine rings is 1. The predicted octanol–water partition coefficient (Wildman–Crippen LogP) is 0.230. The molecule has 0 aliphatic carbocycles. The maximum atomic E-state index is 12.1. The van der Waals surface area contributed by atoms with Crippen LogP contribution >= 0.6 is 0 Å². The number of nitrogens with one attached hydrogen (secondary N) is 1. The number of hydrogen-bond donors (Lipinski definition) is 2. The molecule has 2 rings (SSSR count). The van der Waals surface area contributed by atoms with Crippen molar-refractivity contribution >= 4 is 11.9 Å². The van der Waals surface area contributed by atoms with Crippen molar-refractivity contribution in [2.75, 3.05) is 32.8 Å². The first-order chi connectivity index (χ1) is 10.1. The molecule has 1 saturated heterocycles. The summed E-state index contributed by atoms with van der Waals surface area (Å²) in [4.78, 5) is 29.3. The van der Waals surface area contributed by atoms with Gasteiger partial charge in [-0.3, -0.25) is 14.7 Å². The fourth-order valence-electron chi connectivity index (χ4n) is 2.27. The number of aromatic nitrogens is 1. The normalized spacial score (nSPS) is 17.2. The topological polar surface area (TPSA) is 91.8 Å². The highest BCUT2D eigenvalue weighted by molar-refractivity contribution is 6.03. The standard InChI is InChI=1S/C14H19N3O4/c1-10(9-17-5-7-21-8-6-17)16-13(18)12-11(14(19)20)3-2-4-15-12/h2-4,10H,5-9H2,1H3,(H,16,18)(H,19,20). The van der Waals surface area contributed by atoms with Crippen molar-refractivity contribution < 1.29 is 19.4 Å². The third kappa shape index (κ3) is 4.24. The molecule has 1 atom stereocenters. The molecule has 2 heterocycles. The minimum Gasteiger partial charge on any atom is -0.478 e. The Morgan fingerprint density at radius 2 is 2.19 bits per heavy atom. The van der Waals surface area contributed by atoms with E-state index in [4.69, 9.17) is 9.84 Å². The molecule has 1 unspecified atom stereocenters. The zero-order valence-corrected chi connectivity index (χ0v) is 11.9. The van der Waals surface area contributed by atoms with Crippen LogP contribution in [0.5, 0.6) is 0 Å². The fourth-order valence-corrected chi connectivity index (χ4v) is 2.27. The van der Waals surface area contributed by atoms with Crippen LogP contribution in [-0.2, 0) is 4.74 Å². The lowest BCUT2D eigenvalue weighted by atomic mass is 10.1. The van der Waals surface area contributed by atoms with Crippen molar-refractivity contribution in [2.24, 2.45) is 0 Å². The van der Waals surface area contributed by atoms with Crippen LogP contribution in [0, 0.1) is 0 Å². The number of pyridine rings is 1. The monoisotopic (exact) mass is 293 g/mol. The predicted molar refractivity (Wildman–Crippen MR) is 75.4 cm³/mol. The Hall–Kier alpha value is -1.99. The average molecular weight is 293 g/mol. The smallest absolute Gasteiger partial charge is 0.338 e. The molecule has 7 heteroatoms. The number of rotatable bonds is 5. The second-order valence-corrected chi connectivity index (χ2v) is 4.99. The molecule has 0 saturated carbocycles. The van der Waals surface area contributed by atoms with Crippen molar-refractivity contribution in [3.63, 3.8) is 0 Å². The van der Waals surface area contributed by atoms with Crippen LogP contribution in [0.3, 0.4) is 0 Å². The van der Waals surface area contributed by atoms with Crippen LogP contribution in [0.1, 0.15) is 27.8 Å². The van der Waals surface area contributed by atoms with E-state index in [1.54, 1.807) is 0 Å². The quantitative estimate of drug-likeness (QED) is 0.807. The van der Waals surface area contributed by atoms with Gasteiger partial charge in [-0.1, -0.05) is 0 Å². The Morgan fingerprint density at radius 1 is 1.48 bits per heavy atom. The molecule has 1 fully saturated rings. The van der Waals surface area contributed by atoms with E-state index in [-0.39, 0.29) is 17.3 Å². The van der Waals surface area contributed by atoms with Crippen LogP contribution in [0.25, 0.3) is 0 Å². The zero-order chi connectivity index (χ0) is 15.2. The molecule has 21 heavy (non-hydrogen) atoms. The van der Waals surface area contributed by atoms with E-state index in [1.165, 1.54) is 18.3 Å². The van der Waals surface area contributed by atoms with Crippen molar-refractivity contribution in [3.8, 4) is 0 Å². The Bertz CT molecular complexity index is 515. The van der Waals surface area contributed by atoms with E-state index < -0.39 is 11.9 Å². The molecule has 1 aliphatic heterocycles. The summed E-state index contributed by atoms with van der Waals surface area (Å²) in [6.07, 6.45) is 1.41. The number of amides is 1. The van der Waals surface area contributed by atoms with E-state index in [0.717, 1.165) is 13.1 Å². The lowest BCUT2D eigenvalue weighted by Gasteiger charge is -2.29. The second kappa shape index (κ2) is 7.14. The largest absolute Gasteiger partial charge is 0.478 e. The number of nitrogens with zero attached hydrogens (tertiary/aromatic N) is 2. The van der Waals surface area contributed by atoms with Gasteiger partial charge in [-0.05, 0) is 19.1 Å². The molecule has 1 aromatic heterocycles. The van der Waals surface area contributed by atoms with Gasteiger partial charge in [0.2, 0.25) is 0 Å². The van der Waals surface area contributed by atoms with Gasteiger partial charge >= 0.3 is 5.97 Å². The summed E-state index contributed by atoms with van der Waals surface area (Å²) in [5, 5.41) is 11.9. The van der Waals surface area contributed by atoms with Gasteiger partial charge in [0.25, 0.3) is 5.91 Å². The summed E-state index contributed by atoms with van der Waals surface area (Å²) < 4.78 is 5.27. The molecule has 0 spiro atoms. The van der Waals surface area contributed by atoms with Gasteiger partial charge in [0.15, 0.2) is 0 Å². The lowest BCUT2D eigenvalue weighted by Crippen LogP contribution is -2.46. The molecule has 1 aliphatic rings. The van der Waals surface area contributed by atoms with Gasteiger partial charge in [0.05, 0.1) is 18.8 Å². The van der Waals surface area contributed by atoms with E-state index in [0.29, 0.717) is 19.8 Å². The fraction of sp³-hybridized carbons (Fsp3) is 0.500. The summed E-state index contributed by atoms with van der Waals surface area (Å²) in [6.45, 7) is 5.66. The average Bonchev–Trinajstić information content (AvgIpc) is 2.48. The van der Waals surface area contributed by atoms with Crippen molar-refractivity contribution in [2.45, 2.75) is 13.0 Å². The van der Waals surface area contributed by atoms with Crippen LogP contribution in [0.15, 0.2) is 18.3 Å². The third-order valence-electron chi connectivity index (χ3n) is 3.27. The van der Waals surface area contributed by atoms with Gasteiger partial charge in [-0.15, -0.1) is 0 Å². The number of ether oxygens (including phenoxy) is 1. The van der Waals surface area contributed by atoms with Crippen molar-refractivity contribution in [3.05, 3.63) is 29.6 Å². The minimum atomic E-state index is -1.16. The van der Waals surface area contributed by atoms with Crippen LogP contribution < -0.4 is 5.32 Å². The zero-order valence-electron chi connectivity index (χ0n) is 11.9. The van der Waals surface area contributed by atoms with Crippen LogP contribution in [-0.4, -0.2) is 65.8 Å². The van der Waals surface area contributed by atoms with E-state index in [9.17, 15) is 9.59 Å². The van der Waals surface area contributed by atoms with Crippen LogP contribution in [0.4, 0.5) is 0 Å². The molecule has 1 aromatic rings. The van der Waals surface area contributed by atoms with Gasteiger partial charge < -0.3 is 15.2 Å². The highest BCUT2D eigenvalue weighted by atomic mass is 16.5. The number of carbonyl (C=O) groups excluding carboxylic acids is 1. The first-order valence-corrected chi connectivity index (χ1v) is 6.87. The lowest BCUT2D eigenvalue weighted by molar-refractivity contribution is 0.0342. The van der Waals surface area contributed by atoms with E-state index in [1.807, 2.05) is 6.92 Å². The number of carboxylic acid groups (broad SMARTS) is 1. The van der Waals surface area contributed by atoms with Gasteiger partial charge in [0, 0.05) is 31.9 Å². The third-order valence-corrected chi connectivity index (χ3v) is 3.27. The number of carbonyl (C=O) groups is 2. The molecule has 2 N–H and O–H groups in total. The Balaban J connectivity index is 1.96. The van der Waals surface area contributed by atoms with Crippen molar-refractivity contribution in [1.82, 2.24) is 15.2 Å². The molecule has 0 bridgehead atoms. The van der Waals surface area contributed by atoms with Gasteiger partial charge in [-0.2, -0.15) is 0 Å². The van der Waals surface area contributed by atoms with Crippen molar-refractivity contribution in [1.29, 1.82) is 0 Å². The molecule has 114 valence electrons. The Kier molecular flexibility index (Phi) is 5.24.